The normalized spacial score (nSPS) is 21.3. The van der Waals surface area contributed by atoms with E-state index in [1.54, 1.807) is 0 Å². The third-order valence-electron chi connectivity index (χ3n) is 6.11. The molecule has 1 N–H and O–H groups in total. The highest BCUT2D eigenvalue weighted by Crippen LogP contribution is 2.54. The van der Waals surface area contributed by atoms with Crippen LogP contribution in [0.4, 0.5) is 5.69 Å². The molecule has 0 aromatic heterocycles. The molecule has 0 amide bonds. The minimum atomic E-state index is -0.741. The largest absolute Gasteiger partial charge is 0.481 e. The number of unbranched alkanes of at least 4 members (excludes halogenated alkanes) is 1. The molecule has 2 aliphatic heterocycles. The highest BCUT2D eigenvalue weighted by molar-refractivity contribution is 5.72. The molecule has 0 saturated heterocycles. The molecule has 2 aromatic carbocycles. The maximum atomic E-state index is 10.9. The molecule has 0 fully saturated rings. The maximum Gasteiger partial charge on any atom is 0.303 e. The maximum absolute atomic E-state index is 10.9. The van der Waals surface area contributed by atoms with Gasteiger partial charge < -0.3 is 14.7 Å². The van der Waals surface area contributed by atoms with E-state index in [9.17, 15) is 4.79 Å². The Morgan fingerprint density at radius 2 is 1.93 bits per heavy atom. The molecular formula is C24H27NO3. The van der Waals surface area contributed by atoms with Gasteiger partial charge >= 0.3 is 5.97 Å². The van der Waals surface area contributed by atoms with Gasteiger partial charge in [-0.1, -0.05) is 29.8 Å². The van der Waals surface area contributed by atoms with Crippen molar-refractivity contribution < 1.29 is 14.6 Å². The van der Waals surface area contributed by atoms with Crippen molar-refractivity contribution in [3.63, 3.8) is 0 Å². The lowest BCUT2D eigenvalue weighted by Gasteiger charge is -2.47. The number of anilines is 1. The number of carbonyl (C=O) groups is 1. The highest BCUT2D eigenvalue weighted by Gasteiger charge is 2.58. The Balaban J connectivity index is 1.74. The van der Waals surface area contributed by atoms with Crippen molar-refractivity contribution in [3.05, 3.63) is 65.2 Å². The van der Waals surface area contributed by atoms with Crippen LogP contribution in [0.25, 0.3) is 6.08 Å². The van der Waals surface area contributed by atoms with Crippen LogP contribution in [0.1, 0.15) is 49.8 Å². The van der Waals surface area contributed by atoms with Crippen molar-refractivity contribution in [1.29, 1.82) is 0 Å². The second kappa shape index (κ2) is 6.69. The monoisotopic (exact) mass is 377 g/mol. The average molecular weight is 377 g/mol. The van der Waals surface area contributed by atoms with Crippen LogP contribution in [0.15, 0.2) is 48.5 Å². The predicted molar refractivity (Wildman–Crippen MR) is 112 cm³/mol. The summed E-state index contributed by atoms with van der Waals surface area (Å²) in [6.07, 6.45) is 6.01. The number of fused-ring (bicyclic) bond motifs is 2. The number of carboxylic acid groups (broad SMARTS) is 1. The summed E-state index contributed by atoms with van der Waals surface area (Å²) in [5.41, 5.74) is 3.86. The molecule has 146 valence electrons. The number of aliphatic carboxylic acids is 1. The Kier molecular flexibility index (Phi) is 4.45. The van der Waals surface area contributed by atoms with Crippen LogP contribution < -0.4 is 9.64 Å². The number of para-hydroxylation sites is 1. The summed E-state index contributed by atoms with van der Waals surface area (Å²) in [5.74, 6) is 0.152. The SMILES string of the molecule is Cc1ccc2c(c1)C=CC1(O2)N(CCCCC(=O)O)c2ccccc2C1(C)C. The van der Waals surface area contributed by atoms with Crippen molar-refractivity contribution in [2.45, 2.75) is 51.2 Å². The second-order valence-electron chi connectivity index (χ2n) is 8.32. The summed E-state index contributed by atoms with van der Waals surface area (Å²) in [6.45, 7) is 7.29. The summed E-state index contributed by atoms with van der Waals surface area (Å²) in [4.78, 5) is 13.2. The molecule has 4 rings (SSSR count). The molecule has 1 unspecified atom stereocenters. The lowest BCUT2D eigenvalue weighted by Crippen LogP contribution is -2.59. The van der Waals surface area contributed by atoms with E-state index in [2.05, 4.69) is 80.3 Å². The van der Waals surface area contributed by atoms with E-state index in [1.807, 2.05) is 0 Å². The van der Waals surface area contributed by atoms with Gasteiger partial charge in [-0.3, -0.25) is 4.79 Å². The third-order valence-corrected chi connectivity index (χ3v) is 6.11. The zero-order chi connectivity index (χ0) is 19.9. The summed E-state index contributed by atoms with van der Waals surface area (Å²) in [5, 5.41) is 8.97. The van der Waals surface area contributed by atoms with Crippen LogP contribution in [0.2, 0.25) is 0 Å². The first-order chi connectivity index (χ1) is 13.3. The molecule has 1 atom stereocenters. The average Bonchev–Trinajstić information content (AvgIpc) is 2.84. The summed E-state index contributed by atoms with van der Waals surface area (Å²) >= 11 is 0. The fourth-order valence-electron chi connectivity index (χ4n) is 4.56. The van der Waals surface area contributed by atoms with Gasteiger partial charge in [-0.15, -0.1) is 0 Å². The van der Waals surface area contributed by atoms with Gasteiger partial charge in [0.25, 0.3) is 0 Å². The number of rotatable bonds is 5. The second-order valence-corrected chi connectivity index (χ2v) is 8.32. The van der Waals surface area contributed by atoms with Gasteiger partial charge in [0.05, 0.1) is 5.41 Å². The van der Waals surface area contributed by atoms with Crippen molar-refractivity contribution in [2.75, 3.05) is 11.4 Å². The summed E-state index contributed by atoms with van der Waals surface area (Å²) in [6, 6.07) is 14.7. The van der Waals surface area contributed by atoms with E-state index in [-0.39, 0.29) is 11.8 Å². The third kappa shape index (κ3) is 2.79. The number of aryl methyl sites for hydroxylation is 1. The van der Waals surface area contributed by atoms with Gasteiger partial charge in [0.2, 0.25) is 5.72 Å². The first kappa shape index (κ1) is 18.6. The molecule has 28 heavy (non-hydrogen) atoms. The molecule has 0 saturated carbocycles. The van der Waals surface area contributed by atoms with Crippen LogP contribution in [-0.4, -0.2) is 23.3 Å². The van der Waals surface area contributed by atoms with Crippen LogP contribution in [0, 0.1) is 6.92 Å². The van der Waals surface area contributed by atoms with E-state index in [1.165, 1.54) is 16.8 Å². The Labute approximate surface area is 166 Å². The van der Waals surface area contributed by atoms with Crippen LogP contribution in [-0.2, 0) is 10.2 Å². The quantitative estimate of drug-likeness (QED) is 0.732. The number of hydrogen-bond donors (Lipinski definition) is 1. The van der Waals surface area contributed by atoms with Crippen molar-refractivity contribution in [3.8, 4) is 5.75 Å². The summed E-state index contributed by atoms with van der Waals surface area (Å²) < 4.78 is 6.75. The molecule has 0 aliphatic carbocycles. The summed E-state index contributed by atoms with van der Waals surface area (Å²) in [7, 11) is 0. The molecule has 4 nitrogen and oxygen atoms in total. The van der Waals surface area contributed by atoms with Gasteiger partial charge in [0.1, 0.15) is 5.75 Å². The van der Waals surface area contributed by atoms with Gasteiger partial charge in [0.15, 0.2) is 0 Å². The first-order valence-electron chi connectivity index (χ1n) is 9.93. The first-order valence-corrected chi connectivity index (χ1v) is 9.93. The van der Waals surface area contributed by atoms with Crippen LogP contribution >= 0.6 is 0 Å². The van der Waals surface area contributed by atoms with Gasteiger partial charge in [-0.2, -0.15) is 0 Å². The minimum Gasteiger partial charge on any atom is -0.481 e. The number of carboxylic acids is 1. The Bertz CT molecular complexity index is 947. The standard InChI is InChI=1S/C24H27NO3/c1-17-11-12-21-18(16-17)13-14-24(28-21)23(2,3)19-8-4-5-9-20(19)25(24)15-7-6-10-22(26)27/h4-5,8-9,11-14,16H,6-7,10,15H2,1-3H3,(H,26,27). The fraction of sp³-hybridized carbons (Fsp3) is 0.375. The topological polar surface area (TPSA) is 49.8 Å². The van der Waals surface area contributed by atoms with Gasteiger partial charge in [-0.05, 0) is 69.5 Å². The van der Waals surface area contributed by atoms with E-state index >= 15 is 0 Å². The number of ether oxygens (including phenoxy) is 1. The highest BCUT2D eigenvalue weighted by atomic mass is 16.5. The lowest BCUT2D eigenvalue weighted by atomic mass is 9.76. The smallest absolute Gasteiger partial charge is 0.303 e. The van der Waals surface area contributed by atoms with Crippen LogP contribution in [0.3, 0.4) is 0 Å². The zero-order valence-electron chi connectivity index (χ0n) is 16.7. The van der Waals surface area contributed by atoms with E-state index in [0.717, 1.165) is 24.3 Å². The van der Waals surface area contributed by atoms with E-state index < -0.39 is 11.7 Å². The minimum absolute atomic E-state index is 0.199. The number of hydrogen-bond acceptors (Lipinski definition) is 3. The van der Waals surface area contributed by atoms with Crippen molar-refractivity contribution in [1.82, 2.24) is 0 Å². The zero-order valence-corrected chi connectivity index (χ0v) is 16.7. The fourth-order valence-corrected chi connectivity index (χ4v) is 4.56. The van der Waals surface area contributed by atoms with Crippen LogP contribution in [0.5, 0.6) is 5.75 Å². The van der Waals surface area contributed by atoms with Gasteiger partial charge in [-0.25, -0.2) is 0 Å². The molecule has 4 heteroatoms. The van der Waals surface area contributed by atoms with E-state index in [4.69, 9.17) is 9.84 Å². The molecule has 1 spiro atoms. The molecule has 0 bridgehead atoms. The van der Waals surface area contributed by atoms with Gasteiger partial charge in [0, 0.05) is 24.2 Å². The van der Waals surface area contributed by atoms with Crippen molar-refractivity contribution in [2.24, 2.45) is 0 Å². The Morgan fingerprint density at radius 1 is 1.14 bits per heavy atom. The van der Waals surface area contributed by atoms with E-state index in [0.29, 0.717) is 6.42 Å². The molecule has 2 aliphatic rings. The Morgan fingerprint density at radius 3 is 2.71 bits per heavy atom. The molecule has 0 radical (unpaired) electrons. The molecular weight excluding hydrogens is 350 g/mol. The number of benzene rings is 2. The molecule has 2 heterocycles. The lowest BCUT2D eigenvalue weighted by molar-refractivity contribution is -0.137. The number of nitrogens with zero attached hydrogens (tertiary/aromatic N) is 1. The molecule has 2 aromatic rings. The van der Waals surface area contributed by atoms with Crippen molar-refractivity contribution >= 4 is 17.7 Å². The predicted octanol–water partition coefficient (Wildman–Crippen LogP) is 5.15. The Hall–Kier alpha value is -2.75.